The molecule has 1 saturated carbocycles. The Morgan fingerprint density at radius 1 is 1.25 bits per heavy atom. The Balaban J connectivity index is 2.11. The van der Waals surface area contributed by atoms with Crippen molar-refractivity contribution in [1.29, 1.82) is 0 Å². The molecule has 20 heavy (non-hydrogen) atoms. The highest BCUT2D eigenvalue weighted by Gasteiger charge is 2.35. The number of carbonyl (C=O) groups is 1. The van der Waals surface area contributed by atoms with Crippen LogP contribution < -0.4 is 0 Å². The molecule has 0 unspecified atom stereocenters. The van der Waals surface area contributed by atoms with Crippen molar-refractivity contribution < 1.29 is 19.7 Å². The zero-order valence-electron chi connectivity index (χ0n) is 11.9. The summed E-state index contributed by atoms with van der Waals surface area (Å²) in [4.78, 5) is 11.6. The third-order valence-corrected chi connectivity index (χ3v) is 4.19. The molecule has 112 valence electrons. The van der Waals surface area contributed by atoms with Gasteiger partial charge in [0.15, 0.2) is 0 Å². The van der Waals surface area contributed by atoms with Gasteiger partial charge in [-0.3, -0.25) is 0 Å². The highest BCUT2D eigenvalue weighted by atomic mass is 16.5. The molecule has 0 saturated heterocycles. The van der Waals surface area contributed by atoms with Gasteiger partial charge in [0, 0.05) is 6.08 Å². The summed E-state index contributed by atoms with van der Waals surface area (Å²) in [6.45, 7) is 1.89. The molecule has 1 aliphatic heterocycles. The minimum absolute atomic E-state index is 0.0246. The fraction of sp³-hybridized carbons (Fsp3) is 0.688. The summed E-state index contributed by atoms with van der Waals surface area (Å²) in [6, 6.07) is 0. The number of aliphatic hydroxyl groups excluding tert-OH is 2. The van der Waals surface area contributed by atoms with Gasteiger partial charge >= 0.3 is 5.97 Å². The van der Waals surface area contributed by atoms with Crippen molar-refractivity contribution in [1.82, 2.24) is 0 Å². The van der Waals surface area contributed by atoms with Crippen LogP contribution in [-0.4, -0.2) is 34.5 Å². The Bertz CT molecular complexity index is 388. The summed E-state index contributed by atoms with van der Waals surface area (Å²) in [5.41, 5.74) is 0. The highest BCUT2D eigenvalue weighted by molar-refractivity contribution is 5.82. The minimum atomic E-state index is -0.717. The largest absolute Gasteiger partial charge is 0.460 e. The topological polar surface area (TPSA) is 66.8 Å². The fourth-order valence-electron chi connectivity index (χ4n) is 3.10. The second-order valence-electron chi connectivity index (χ2n) is 5.91. The molecule has 0 aromatic carbocycles. The number of hydrogen-bond acceptors (Lipinski definition) is 4. The summed E-state index contributed by atoms with van der Waals surface area (Å²) in [7, 11) is 0. The van der Waals surface area contributed by atoms with Crippen LogP contribution in [-0.2, 0) is 9.53 Å². The first kappa shape index (κ1) is 15.3. The average molecular weight is 280 g/mol. The number of fused-ring (bicyclic) bond motifs is 1. The molecule has 0 aromatic rings. The standard InChI is InChI=1S/C16H24O4/c1-11-5-3-2-4-6-12-9-13(17)10-14(12)15(18)7-8-16(19)20-11/h4,6-8,11-15,17-18H,2-3,5,9-10H2,1H3/b6-4-,8-7?/t11-,12-,13-,14-,15-/m0/s1. The van der Waals surface area contributed by atoms with Gasteiger partial charge in [-0.05, 0) is 56.9 Å². The molecule has 0 radical (unpaired) electrons. The Morgan fingerprint density at radius 3 is 2.85 bits per heavy atom. The molecular formula is C16H24O4. The van der Waals surface area contributed by atoms with Crippen LogP contribution in [0.3, 0.4) is 0 Å². The molecule has 2 N–H and O–H groups in total. The Labute approximate surface area is 120 Å². The zero-order valence-corrected chi connectivity index (χ0v) is 11.9. The van der Waals surface area contributed by atoms with Crippen LogP contribution in [0.4, 0.5) is 0 Å². The van der Waals surface area contributed by atoms with E-state index in [-0.39, 0.29) is 24.0 Å². The summed E-state index contributed by atoms with van der Waals surface area (Å²) >= 11 is 0. The summed E-state index contributed by atoms with van der Waals surface area (Å²) in [5.74, 6) is -0.249. The van der Waals surface area contributed by atoms with Gasteiger partial charge in [0.05, 0.1) is 18.3 Å². The Hall–Kier alpha value is -1.13. The van der Waals surface area contributed by atoms with Crippen LogP contribution in [0.2, 0.25) is 0 Å². The van der Waals surface area contributed by atoms with E-state index in [1.54, 1.807) is 0 Å². The van der Waals surface area contributed by atoms with E-state index in [1.165, 1.54) is 12.2 Å². The van der Waals surface area contributed by atoms with E-state index in [2.05, 4.69) is 12.2 Å². The van der Waals surface area contributed by atoms with Gasteiger partial charge in [-0.25, -0.2) is 4.79 Å². The lowest BCUT2D eigenvalue weighted by molar-refractivity contribution is -0.142. The second-order valence-corrected chi connectivity index (χ2v) is 5.91. The third kappa shape index (κ3) is 4.18. The molecule has 5 atom stereocenters. The smallest absolute Gasteiger partial charge is 0.330 e. The van der Waals surface area contributed by atoms with E-state index in [4.69, 9.17) is 4.74 Å². The van der Waals surface area contributed by atoms with Crippen molar-refractivity contribution in [3.8, 4) is 0 Å². The molecular weight excluding hydrogens is 256 g/mol. The normalized spacial score (nSPS) is 41.0. The molecule has 0 bridgehead atoms. The first-order chi connectivity index (χ1) is 9.56. The number of cyclic esters (lactones) is 1. The van der Waals surface area contributed by atoms with Crippen molar-refractivity contribution >= 4 is 5.97 Å². The van der Waals surface area contributed by atoms with Gasteiger partial charge in [0.1, 0.15) is 0 Å². The number of ether oxygens (including phenoxy) is 1. The maximum atomic E-state index is 11.6. The predicted molar refractivity (Wildman–Crippen MR) is 75.9 cm³/mol. The third-order valence-electron chi connectivity index (χ3n) is 4.19. The van der Waals surface area contributed by atoms with Crippen molar-refractivity contribution in [3.63, 3.8) is 0 Å². The summed E-state index contributed by atoms with van der Waals surface area (Å²) < 4.78 is 5.23. The first-order valence-corrected chi connectivity index (χ1v) is 7.48. The summed E-state index contributed by atoms with van der Waals surface area (Å²) in [6.07, 6.45) is 9.87. The Kier molecular flexibility index (Phi) is 5.38. The predicted octanol–water partition coefficient (Wildman–Crippen LogP) is 1.96. The van der Waals surface area contributed by atoms with Crippen LogP contribution in [0.1, 0.15) is 39.0 Å². The van der Waals surface area contributed by atoms with E-state index < -0.39 is 12.1 Å². The maximum Gasteiger partial charge on any atom is 0.330 e. The van der Waals surface area contributed by atoms with Crippen molar-refractivity contribution in [2.24, 2.45) is 11.8 Å². The molecule has 1 heterocycles. The van der Waals surface area contributed by atoms with E-state index in [0.29, 0.717) is 12.8 Å². The lowest BCUT2D eigenvalue weighted by Gasteiger charge is -2.19. The van der Waals surface area contributed by atoms with Gasteiger partial charge in [-0.2, -0.15) is 0 Å². The number of aliphatic hydroxyl groups is 2. The van der Waals surface area contributed by atoms with Crippen molar-refractivity contribution in [2.75, 3.05) is 0 Å². The molecule has 4 nitrogen and oxygen atoms in total. The maximum absolute atomic E-state index is 11.6. The van der Waals surface area contributed by atoms with Crippen LogP contribution in [0.25, 0.3) is 0 Å². The number of rotatable bonds is 0. The van der Waals surface area contributed by atoms with Crippen LogP contribution in [0.5, 0.6) is 0 Å². The van der Waals surface area contributed by atoms with E-state index in [1.807, 2.05) is 6.92 Å². The molecule has 0 amide bonds. The number of esters is 1. The van der Waals surface area contributed by atoms with Gasteiger partial charge in [0.2, 0.25) is 0 Å². The van der Waals surface area contributed by atoms with Crippen LogP contribution >= 0.6 is 0 Å². The number of allylic oxidation sites excluding steroid dienone is 2. The van der Waals surface area contributed by atoms with E-state index >= 15 is 0 Å². The minimum Gasteiger partial charge on any atom is -0.460 e. The second kappa shape index (κ2) is 7.04. The molecule has 1 fully saturated rings. The summed E-state index contributed by atoms with van der Waals surface area (Å²) in [5, 5.41) is 20.0. The monoisotopic (exact) mass is 280 g/mol. The number of hydrogen-bond donors (Lipinski definition) is 2. The van der Waals surface area contributed by atoms with Gasteiger partial charge in [0.25, 0.3) is 0 Å². The van der Waals surface area contributed by atoms with Crippen LogP contribution in [0.15, 0.2) is 24.3 Å². The molecule has 1 aliphatic carbocycles. The molecule has 4 heteroatoms. The lowest BCUT2D eigenvalue weighted by Crippen LogP contribution is -2.21. The average Bonchev–Trinajstić information content (AvgIpc) is 2.76. The fourth-order valence-corrected chi connectivity index (χ4v) is 3.10. The van der Waals surface area contributed by atoms with Crippen LogP contribution in [0, 0.1) is 11.8 Å². The van der Waals surface area contributed by atoms with Gasteiger partial charge in [-0.1, -0.05) is 12.2 Å². The Morgan fingerprint density at radius 2 is 2.05 bits per heavy atom. The number of carbonyl (C=O) groups excluding carboxylic acids is 1. The molecule has 0 spiro atoms. The molecule has 2 rings (SSSR count). The lowest BCUT2D eigenvalue weighted by atomic mass is 9.90. The SMILES string of the molecule is C[C@H]1CCC/C=C\[C@H]2C[C@H](O)C[C@@H]2[C@@H](O)C=CC(=O)O1. The highest BCUT2D eigenvalue weighted by Crippen LogP contribution is 2.36. The van der Waals surface area contributed by atoms with Gasteiger partial charge in [-0.15, -0.1) is 0 Å². The first-order valence-electron chi connectivity index (χ1n) is 7.48. The quantitative estimate of drug-likeness (QED) is 0.526. The van der Waals surface area contributed by atoms with Crippen molar-refractivity contribution in [2.45, 2.75) is 57.3 Å². The van der Waals surface area contributed by atoms with E-state index in [9.17, 15) is 15.0 Å². The van der Waals surface area contributed by atoms with E-state index in [0.717, 1.165) is 19.3 Å². The molecule has 0 aromatic heterocycles. The zero-order chi connectivity index (χ0) is 14.5. The van der Waals surface area contributed by atoms with Gasteiger partial charge < -0.3 is 14.9 Å². The van der Waals surface area contributed by atoms with Crippen molar-refractivity contribution in [3.05, 3.63) is 24.3 Å². The molecule has 2 aliphatic rings.